The molecule has 28 heavy (non-hydrogen) atoms. The molecule has 0 spiro atoms. The minimum Gasteiger partial charge on any atom is -0.369 e. The molecule has 3 aromatic rings. The highest BCUT2D eigenvalue weighted by atomic mass is 16.1. The fourth-order valence-corrected chi connectivity index (χ4v) is 4.12. The molecule has 2 N–H and O–H groups in total. The first-order chi connectivity index (χ1) is 13.7. The van der Waals surface area contributed by atoms with Crippen LogP contribution in [-0.4, -0.2) is 33.9 Å². The summed E-state index contributed by atoms with van der Waals surface area (Å²) in [6.45, 7) is 2.30. The number of pyridine rings is 2. The summed E-state index contributed by atoms with van der Waals surface area (Å²) in [5.74, 6) is -0.220. The van der Waals surface area contributed by atoms with Gasteiger partial charge in [-0.05, 0) is 48.2 Å². The number of amides is 1. The van der Waals surface area contributed by atoms with Crippen molar-refractivity contribution in [3.05, 3.63) is 84.4 Å². The summed E-state index contributed by atoms with van der Waals surface area (Å²) in [5.41, 5.74) is 9.84. The average Bonchev–Trinajstić information content (AvgIpc) is 3.14. The molecule has 0 aliphatic carbocycles. The Morgan fingerprint density at radius 2 is 1.82 bits per heavy atom. The molecule has 1 amide bonds. The number of aromatic nitrogens is 2. The van der Waals surface area contributed by atoms with E-state index in [9.17, 15) is 4.79 Å². The molecule has 1 atom stereocenters. The predicted octanol–water partition coefficient (Wildman–Crippen LogP) is 3.06. The quantitative estimate of drug-likeness (QED) is 0.722. The zero-order valence-corrected chi connectivity index (χ0v) is 15.8. The second-order valence-electron chi connectivity index (χ2n) is 7.54. The summed E-state index contributed by atoms with van der Waals surface area (Å²) in [6, 6.07) is 16.2. The van der Waals surface area contributed by atoms with Crippen LogP contribution in [0.3, 0.4) is 0 Å². The van der Waals surface area contributed by atoms with E-state index in [4.69, 9.17) is 5.73 Å². The molecular weight excluding hydrogens is 348 g/mol. The standard InChI is InChI=1S/C23H24N4O/c24-22(28)23(9-12-27(17-23)16-18-5-3-10-25-14-18)13-19-6-1-2-8-21(19)20-7-4-11-26-15-20/h1-8,10-11,14-15H,9,12-13,16-17H2,(H2,24,28). The van der Waals surface area contributed by atoms with Crippen LogP contribution in [-0.2, 0) is 17.8 Å². The van der Waals surface area contributed by atoms with Gasteiger partial charge in [-0.15, -0.1) is 0 Å². The van der Waals surface area contributed by atoms with Crippen LogP contribution in [0.15, 0.2) is 73.3 Å². The third-order valence-corrected chi connectivity index (χ3v) is 5.60. The maximum atomic E-state index is 12.5. The van der Waals surface area contributed by atoms with Gasteiger partial charge in [0.1, 0.15) is 0 Å². The zero-order chi connectivity index (χ0) is 19.4. The number of benzene rings is 1. The number of carbonyl (C=O) groups excluding carboxylic acids is 1. The van der Waals surface area contributed by atoms with E-state index in [-0.39, 0.29) is 5.91 Å². The number of nitrogens with two attached hydrogens (primary N) is 1. The molecule has 4 rings (SSSR count). The Morgan fingerprint density at radius 1 is 1.04 bits per heavy atom. The molecule has 142 valence electrons. The molecule has 0 radical (unpaired) electrons. The number of nitrogens with zero attached hydrogens (tertiary/aromatic N) is 3. The third kappa shape index (κ3) is 3.80. The van der Waals surface area contributed by atoms with Crippen molar-refractivity contribution >= 4 is 5.91 Å². The molecule has 5 heteroatoms. The van der Waals surface area contributed by atoms with Gasteiger partial charge in [0.05, 0.1) is 5.41 Å². The van der Waals surface area contributed by atoms with Crippen molar-refractivity contribution in [3.63, 3.8) is 0 Å². The monoisotopic (exact) mass is 372 g/mol. The van der Waals surface area contributed by atoms with Gasteiger partial charge in [-0.25, -0.2) is 0 Å². The van der Waals surface area contributed by atoms with Crippen molar-refractivity contribution in [1.29, 1.82) is 0 Å². The molecule has 0 saturated carbocycles. The number of hydrogen-bond acceptors (Lipinski definition) is 4. The van der Waals surface area contributed by atoms with Crippen LogP contribution in [0.5, 0.6) is 0 Å². The Morgan fingerprint density at radius 3 is 2.54 bits per heavy atom. The van der Waals surface area contributed by atoms with Crippen LogP contribution in [0, 0.1) is 5.41 Å². The molecule has 0 bridgehead atoms. The van der Waals surface area contributed by atoms with Gasteiger partial charge in [0.15, 0.2) is 0 Å². The highest BCUT2D eigenvalue weighted by Crippen LogP contribution is 2.37. The van der Waals surface area contributed by atoms with Crippen LogP contribution in [0.25, 0.3) is 11.1 Å². The van der Waals surface area contributed by atoms with Crippen molar-refractivity contribution in [1.82, 2.24) is 14.9 Å². The summed E-state index contributed by atoms with van der Waals surface area (Å²) < 4.78 is 0. The molecule has 3 heterocycles. The van der Waals surface area contributed by atoms with Crippen molar-refractivity contribution < 1.29 is 4.79 Å². The predicted molar refractivity (Wildman–Crippen MR) is 109 cm³/mol. The fraction of sp³-hybridized carbons (Fsp3) is 0.261. The van der Waals surface area contributed by atoms with Crippen LogP contribution in [0.1, 0.15) is 17.5 Å². The average molecular weight is 372 g/mol. The molecule has 1 unspecified atom stereocenters. The zero-order valence-electron chi connectivity index (χ0n) is 15.8. The van der Waals surface area contributed by atoms with Crippen LogP contribution < -0.4 is 5.73 Å². The first-order valence-corrected chi connectivity index (χ1v) is 9.56. The molecule has 5 nitrogen and oxygen atoms in total. The number of hydrogen-bond donors (Lipinski definition) is 1. The Hall–Kier alpha value is -3.05. The first kappa shape index (κ1) is 18.3. The maximum absolute atomic E-state index is 12.5. The van der Waals surface area contributed by atoms with Crippen molar-refractivity contribution in [2.24, 2.45) is 11.1 Å². The maximum Gasteiger partial charge on any atom is 0.225 e. The highest BCUT2D eigenvalue weighted by Gasteiger charge is 2.43. The van der Waals surface area contributed by atoms with Gasteiger partial charge in [0.25, 0.3) is 0 Å². The van der Waals surface area contributed by atoms with Gasteiger partial charge in [-0.2, -0.15) is 0 Å². The fourth-order valence-electron chi connectivity index (χ4n) is 4.12. The van der Waals surface area contributed by atoms with Gasteiger partial charge < -0.3 is 5.73 Å². The van der Waals surface area contributed by atoms with E-state index in [1.54, 1.807) is 12.4 Å². The lowest BCUT2D eigenvalue weighted by atomic mass is 9.78. The summed E-state index contributed by atoms with van der Waals surface area (Å²) in [5, 5.41) is 0. The van der Waals surface area contributed by atoms with Crippen LogP contribution in [0.4, 0.5) is 0 Å². The molecule has 1 saturated heterocycles. The Balaban J connectivity index is 1.58. The number of likely N-dealkylation sites (tertiary alicyclic amines) is 1. The summed E-state index contributed by atoms with van der Waals surface area (Å²) >= 11 is 0. The van der Waals surface area contributed by atoms with Gasteiger partial charge in [-0.1, -0.05) is 36.4 Å². The number of primary amides is 1. The van der Waals surface area contributed by atoms with Gasteiger partial charge in [0, 0.05) is 43.4 Å². The molecule has 1 aromatic carbocycles. The molecule has 1 aliphatic heterocycles. The van der Waals surface area contributed by atoms with E-state index in [2.05, 4.69) is 33.1 Å². The molecule has 1 aliphatic rings. The minimum atomic E-state index is -0.555. The van der Waals surface area contributed by atoms with Crippen molar-refractivity contribution in [3.8, 4) is 11.1 Å². The Labute approximate surface area is 165 Å². The van der Waals surface area contributed by atoms with Crippen molar-refractivity contribution in [2.45, 2.75) is 19.4 Å². The number of rotatable bonds is 6. The minimum absolute atomic E-state index is 0.220. The normalized spacial score (nSPS) is 19.6. The van der Waals surface area contributed by atoms with E-state index in [1.807, 2.05) is 42.7 Å². The van der Waals surface area contributed by atoms with E-state index in [0.29, 0.717) is 13.0 Å². The lowest BCUT2D eigenvalue weighted by molar-refractivity contribution is -0.127. The van der Waals surface area contributed by atoms with Crippen molar-refractivity contribution in [2.75, 3.05) is 13.1 Å². The Bertz CT molecular complexity index is 945. The van der Waals surface area contributed by atoms with Gasteiger partial charge in [-0.3, -0.25) is 19.7 Å². The van der Waals surface area contributed by atoms with Gasteiger partial charge >= 0.3 is 0 Å². The second-order valence-corrected chi connectivity index (χ2v) is 7.54. The topological polar surface area (TPSA) is 72.1 Å². The van der Waals surface area contributed by atoms with E-state index in [0.717, 1.165) is 41.8 Å². The van der Waals surface area contributed by atoms with Crippen LogP contribution in [0.2, 0.25) is 0 Å². The molecule has 1 fully saturated rings. The van der Waals surface area contributed by atoms with Crippen LogP contribution >= 0.6 is 0 Å². The number of carbonyl (C=O) groups is 1. The van der Waals surface area contributed by atoms with E-state index >= 15 is 0 Å². The summed E-state index contributed by atoms with van der Waals surface area (Å²) in [4.78, 5) is 23.3. The summed E-state index contributed by atoms with van der Waals surface area (Å²) in [6.07, 6.45) is 8.68. The largest absolute Gasteiger partial charge is 0.369 e. The second kappa shape index (κ2) is 7.90. The highest BCUT2D eigenvalue weighted by molar-refractivity contribution is 5.82. The molecule has 2 aromatic heterocycles. The smallest absolute Gasteiger partial charge is 0.225 e. The third-order valence-electron chi connectivity index (χ3n) is 5.60. The lowest BCUT2D eigenvalue weighted by Gasteiger charge is -2.27. The van der Waals surface area contributed by atoms with E-state index in [1.165, 1.54) is 0 Å². The lowest BCUT2D eigenvalue weighted by Crippen LogP contribution is -2.41. The van der Waals surface area contributed by atoms with E-state index < -0.39 is 5.41 Å². The SMILES string of the molecule is NC(=O)C1(Cc2ccccc2-c2cccnc2)CCN(Cc2cccnc2)C1. The first-order valence-electron chi connectivity index (χ1n) is 9.56. The Kier molecular flexibility index (Phi) is 5.17. The van der Waals surface area contributed by atoms with Gasteiger partial charge in [0.2, 0.25) is 5.91 Å². The summed E-state index contributed by atoms with van der Waals surface area (Å²) in [7, 11) is 0. The molecular formula is C23H24N4O.